The number of ether oxygens (including phenoxy) is 1. The van der Waals surface area contributed by atoms with E-state index in [-0.39, 0.29) is 0 Å². The molecule has 2 aromatic heterocycles. The van der Waals surface area contributed by atoms with Crippen molar-refractivity contribution < 1.29 is 9.53 Å². The second kappa shape index (κ2) is 4.04. The van der Waals surface area contributed by atoms with Crippen LogP contribution in [0.1, 0.15) is 12.8 Å². The van der Waals surface area contributed by atoms with Gasteiger partial charge in [0.2, 0.25) is 0 Å². The molecule has 1 aliphatic rings. The minimum absolute atomic E-state index is 0.480. The summed E-state index contributed by atoms with van der Waals surface area (Å²) in [6.45, 7) is 0.924. The molecule has 2 aromatic rings. The van der Waals surface area contributed by atoms with Gasteiger partial charge in [0.05, 0.1) is 5.39 Å². The number of halogens is 1. The van der Waals surface area contributed by atoms with E-state index in [4.69, 9.17) is 16.3 Å². The lowest BCUT2D eigenvalue weighted by molar-refractivity contribution is 0.226. The van der Waals surface area contributed by atoms with Gasteiger partial charge in [-0.15, -0.1) is 0 Å². The van der Waals surface area contributed by atoms with Crippen molar-refractivity contribution in [3.05, 3.63) is 24.5 Å². The molecule has 4 nitrogen and oxygen atoms in total. The van der Waals surface area contributed by atoms with Crippen LogP contribution >= 0.6 is 11.6 Å². The SMILES string of the molecule is O=C(Cl)Oc1cn(CC2CC2)c2ncccc12. The highest BCUT2D eigenvalue weighted by Crippen LogP contribution is 2.34. The lowest BCUT2D eigenvalue weighted by Gasteiger charge is -2.00. The first-order chi connectivity index (χ1) is 8.24. The maximum Gasteiger partial charge on any atom is 0.409 e. The molecule has 1 saturated carbocycles. The zero-order valence-corrected chi connectivity index (χ0v) is 9.85. The van der Waals surface area contributed by atoms with E-state index < -0.39 is 5.43 Å². The molecule has 2 heterocycles. The van der Waals surface area contributed by atoms with Gasteiger partial charge in [-0.2, -0.15) is 0 Å². The molecule has 0 bridgehead atoms. The number of rotatable bonds is 3. The Kier molecular flexibility index (Phi) is 2.52. The maximum atomic E-state index is 10.8. The molecule has 1 aliphatic carbocycles. The van der Waals surface area contributed by atoms with Crippen LogP contribution in [0.4, 0.5) is 4.79 Å². The summed E-state index contributed by atoms with van der Waals surface area (Å²) in [5, 5.41) is 0.821. The van der Waals surface area contributed by atoms with Crippen LogP contribution in [0.15, 0.2) is 24.5 Å². The predicted octanol–water partition coefficient (Wildman–Crippen LogP) is 3.18. The van der Waals surface area contributed by atoms with Crippen molar-refractivity contribution in [3.63, 3.8) is 0 Å². The van der Waals surface area contributed by atoms with Crippen molar-refractivity contribution in [3.8, 4) is 5.75 Å². The summed E-state index contributed by atoms with van der Waals surface area (Å²) in [6, 6.07) is 3.69. The summed E-state index contributed by atoms with van der Waals surface area (Å²) in [7, 11) is 0. The van der Waals surface area contributed by atoms with Gasteiger partial charge < -0.3 is 9.30 Å². The van der Waals surface area contributed by atoms with Crippen LogP contribution in [0.2, 0.25) is 0 Å². The van der Waals surface area contributed by atoms with Crippen molar-refractivity contribution >= 4 is 28.1 Å². The van der Waals surface area contributed by atoms with Gasteiger partial charge in [-0.3, -0.25) is 0 Å². The lowest BCUT2D eigenvalue weighted by Crippen LogP contribution is -1.98. The maximum absolute atomic E-state index is 10.8. The van der Waals surface area contributed by atoms with Crippen molar-refractivity contribution in [1.29, 1.82) is 0 Å². The van der Waals surface area contributed by atoms with Crippen LogP contribution in [-0.4, -0.2) is 15.0 Å². The van der Waals surface area contributed by atoms with Crippen LogP contribution in [0.25, 0.3) is 11.0 Å². The predicted molar refractivity (Wildman–Crippen MR) is 64.3 cm³/mol. The topological polar surface area (TPSA) is 44.1 Å². The molecule has 0 aromatic carbocycles. The highest BCUT2D eigenvalue weighted by Gasteiger charge is 2.23. The van der Waals surface area contributed by atoms with Gasteiger partial charge in [-0.25, -0.2) is 9.78 Å². The molecule has 0 radical (unpaired) electrons. The Morgan fingerprint density at radius 1 is 1.59 bits per heavy atom. The fourth-order valence-corrected chi connectivity index (χ4v) is 2.06. The van der Waals surface area contributed by atoms with Crippen LogP contribution in [0.3, 0.4) is 0 Å². The molecule has 1 fully saturated rings. The summed E-state index contributed by atoms with van der Waals surface area (Å²) >= 11 is 5.25. The first-order valence-corrected chi connectivity index (χ1v) is 5.93. The average Bonchev–Trinajstić information content (AvgIpc) is 3.04. The number of carbonyl (C=O) groups excluding carboxylic acids is 1. The highest BCUT2D eigenvalue weighted by atomic mass is 35.5. The van der Waals surface area contributed by atoms with Crippen molar-refractivity contribution in [2.45, 2.75) is 19.4 Å². The number of aromatic nitrogens is 2. The molecule has 0 saturated heterocycles. The second-order valence-electron chi connectivity index (χ2n) is 4.30. The van der Waals surface area contributed by atoms with Crippen LogP contribution in [0.5, 0.6) is 5.75 Å². The Bertz CT molecular complexity index is 575. The van der Waals surface area contributed by atoms with E-state index >= 15 is 0 Å². The van der Waals surface area contributed by atoms with Gasteiger partial charge in [0.15, 0.2) is 5.75 Å². The van der Waals surface area contributed by atoms with Gasteiger partial charge in [-0.05, 0) is 30.9 Å². The Balaban J connectivity index is 2.05. The van der Waals surface area contributed by atoms with Crippen molar-refractivity contribution in [2.75, 3.05) is 0 Å². The Labute approximate surface area is 103 Å². The van der Waals surface area contributed by atoms with Gasteiger partial charge in [0, 0.05) is 30.5 Å². The summed E-state index contributed by atoms with van der Waals surface area (Å²) < 4.78 is 7.01. The average molecular weight is 251 g/mol. The molecule has 0 aliphatic heterocycles. The largest absolute Gasteiger partial charge is 0.412 e. The molecule has 0 unspecified atom stereocenters. The Morgan fingerprint density at radius 2 is 2.41 bits per heavy atom. The first-order valence-electron chi connectivity index (χ1n) is 5.55. The molecule has 0 spiro atoms. The lowest BCUT2D eigenvalue weighted by atomic mass is 10.3. The first kappa shape index (κ1) is 10.6. The van der Waals surface area contributed by atoms with Gasteiger partial charge in [0.1, 0.15) is 5.65 Å². The molecule has 88 valence electrons. The highest BCUT2D eigenvalue weighted by molar-refractivity contribution is 6.61. The Hall–Kier alpha value is -1.55. The van der Waals surface area contributed by atoms with E-state index in [0.29, 0.717) is 5.75 Å². The number of carbonyl (C=O) groups is 1. The van der Waals surface area contributed by atoms with E-state index in [2.05, 4.69) is 4.98 Å². The number of fused-ring (bicyclic) bond motifs is 1. The third-order valence-electron chi connectivity index (χ3n) is 2.94. The van der Waals surface area contributed by atoms with E-state index in [1.807, 2.05) is 16.7 Å². The van der Waals surface area contributed by atoms with E-state index in [0.717, 1.165) is 23.5 Å². The van der Waals surface area contributed by atoms with Gasteiger partial charge in [-0.1, -0.05) is 0 Å². The summed E-state index contributed by atoms with van der Waals surface area (Å²) in [4.78, 5) is 15.1. The van der Waals surface area contributed by atoms with Crippen molar-refractivity contribution in [1.82, 2.24) is 9.55 Å². The smallest absolute Gasteiger partial charge is 0.409 e. The third-order valence-corrected chi connectivity index (χ3v) is 3.02. The number of pyridine rings is 1. The third kappa shape index (κ3) is 2.13. The molecule has 17 heavy (non-hydrogen) atoms. The molecular formula is C12H11ClN2O2. The Morgan fingerprint density at radius 3 is 3.12 bits per heavy atom. The minimum atomic E-state index is -0.820. The second-order valence-corrected chi connectivity index (χ2v) is 4.61. The molecule has 5 heteroatoms. The summed E-state index contributed by atoms with van der Waals surface area (Å²) in [5.41, 5.74) is 0.0200. The molecule has 0 N–H and O–H groups in total. The quantitative estimate of drug-likeness (QED) is 0.786. The monoisotopic (exact) mass is 250 g/mol. The van der Waals surface area contributed by atoms with Crippen molar-refractivity contribution in [2.24, 2.45) is 5.92 Å². The fraction of sp³-hybridized carbons (Fsp3) is 0.333. The summed E-state index contributed by atoms with van der Waals surface area (Å²) in [5.74, 6) is 1.21. The number of nitrogens with zero attached hydrogens (tertiary/aromatic N) is 2. The molecular weight excluding hydrogens is 240 g/mol. The normalized spacial score (nSPS) is 15.1. The molecule has 0 atom stereocenters. The fourth-order valence-electron chi connectivity index (χ4n) is 1.98. The standard InChI is InChI=1S/C12H11ClN2O2/c13-12(16)17-10-7-15(6-8-3-4-8)11-9(10)2-1-5-14-11/h1-2,5,7-8H,3-4,6H2. The summed E-state index contributed by atoms with van der Waals surface area (Å²) in [6.07, 6.45) is 6.06. The van der Waals surface area contributed by atoms with E-state index in [9.17, 15) is 4.79 Å². The molecule has 3 rings (SSSR count). The minimum Gasteiger partial charge on any atom is -0.412 e. The molecule has 0 amide bonds. The number of hydrogen-bond acceptors (Lipinski definition) is 3. The van der Waals surface area contributed by atoms with Gasteiger partial charge >= 0.3 is 5.43 Å². The van der Waals surface area contributed by atoms with Gasteiger partial charge in [0.25, 0.3) is 0 Å². The van der Waals surface area contributed by atoms with E-state index in [1.165, 1.54) is 12.8 Å². The van der Waals surface area contributed by atoms with Crippen LogP contribution < -0.4 is 4.74 Å². The van der Waals surface area contributed by atoms with E-state index in [1.54, 1.807) is 12.4 Å². The zero-order valence-electron chi connectivity index (χ0n) is 9.10. The van der Waals surface area contributed by atoms with Crippen LogP contribution in [-0.2, 0) is 6.54 Å². The van der Waals surface area contributed by atoms with Crippen LogP contribution in [0, 0.1) is 5.92 Å². The number of hydrogen-bond donors (Lipinski definition) is 0. The zero-order chi connectivity index (χ0) is 11.8.